The van der Waals surface area contributed by atoms with Gasteiger partial charge in [0.2, 0.25) is 5.91 Å². The molecule has 1 aliphatic heterocycles. The third kappa shape index (κ3) is 4.37. The van der Waals surface area contributed by atoms with Gasteiger partial charge in [0.25, 0.3) is 10.0 Å². The quantitative estimate of drug-likeness (QED) is 0.321. The number of carbonyl (C=O) groups is 1. The van der Waals surface area contributed by atoms with Crippen LogP contribution in [0.4, 0.5) is 5.69 Å². The number of nitrogens with one attached hydrogen (secondary N) is 2. The van der Waals surface area contributed by atoms with Crippen molar-refractivity contribution in [2.45, 2.75) is 55.1 Å². The molecule has 0 aromatic heterocycles. The Hall–Kier alpha value is -3.43. The van der Waals surface area contributed by atoms with Crippen molar-refractivity contribution in [2.75, 3.05) is 4.31 Å². The molecule has 1 fully saturated rings. The Morgan fingerprint density at radius 1 is 0.971 bits per heavy atom. The first kappa shape index (κ1) is 23.3. The van der Waals surface area contributed by atoms with Crippen LogP contribution < -0.4 is 21.1 Å². The average Bonchev–Trinajstić information content (AvgIpc) is 3.25. The Kier molecular flexibility index (Phi) is 5.98. The van der Waals surface area contributed by atoms with E-state index in [1.165, 1.54) is 4.31 Å². The minimum Gasteiger partial charge on any atom is -0.384 e. The lowest BCUT2D eigenvalue weighted by molar-refractivity contribution is -0.123. The number of amidine groups is 1. The number of nitrogen functional groups attached to an aromatic ring is 1. The number of fused-ring (bicyclic) bond motifs is 2. The molecule has 3 aromatic carbocycles. The van der Waals surface area contributed by atoms with Crippen LogP contribution in [0.1, 0.15) is 36.8 Å². The molecular weight excluding hydrogens is 462 g/mol. The molecule has 6 N–H and O–H groups in total. The highest BCUT2D eigenvalue weighted by Gasteiger charge is 2.43. The number of hydrogen-bond donors (Lipinski definition) is 4. The van der Waals surface area contributed by atoms with E-state index < -0.39 is 16.1 Å². The van der Waals surface area contributed by atoms with Gasteiger partial charge in [0.1, 0.15) is 11.9 Å². The Bertz CT molecular complexity index is 1410. The van der Waals surface area contributed by atoms with Crippen molar-refractivity contribution < 1.29 is 13.2 Å². The number of nitrogens with two attached hydrogens (primary N) is 2. The van der Waals surface area contributed by atoms with Crippen LogP contribution in [-0.4, -0.2) is 38.3 Å². The number of anilines is 1. The van der Waals surface area contributed by atoms with Crippen LogP contribution >= 0.6 is 0 Å². The normalized spacial score (nSPS) is 22.1. The molecule has 1 amide bonds. The van der Waals surface area contributed by atoms with E-state index in [9.17, 15) is 13.2 Å². The van der Waals surface area contributed by atoms with E-state index in [0.29, 0.717) is 11.3 Å². The zero-order valence-corrected chi connectivity index (χ0v) is 20.1. The first-order valence-electron chi connectivity index (χ1n) is 11.8. The van der Waals surface area contributed by atoms with Gasteiger partial charge in [0, 0.05) is 24.1 Å². The van der Waals surface area contributed by atoms with Crippen molar-refractivity contribution in [2.24, 2.45) is 11.5 Å². The number of hydrogen-bond acceptors (Lipinski definition) is 5. The standard InChI is InChI=1S/C26H29N5O3S/c27-20-8-10-21(11-9-20)30-26(32)24-14-18-5-6-19(25(28)29)15-23(18)31(24)35(33,34)22-12-7-16-3-1-2-4-17(16)13-22/h1-7,12-13,15,20-21,24H,8-11,14,27H2,(H3,28,29)(H,30,32)/t20-,21-,24?. The van der Waals surface area contributed by atoms with Crippen LogP contribution in [0.2, 0.25) is 0 Å². The molecule has 0 radical (unpaired) electrons. The molecule has 35 heavy (non-hydrogen) atoms. The Labute approximate surface area is 204 Å². The molecule has 182 valence electrons. The van der Waals surface area contributed by atoms with E-state index in [4.69, 9.17) is 16.9 Å². The van der Waals surface area contributed by atoms with E-state index in [1.54, 1.807) is 36.4 Å². The minimum atomic E-state index is -4.09. The Morgan fingerprint density at radius 3 is 2.40 bits per heavy atom. The number of sulfonamides is 1. The average molecular weight is 492 g/mol. The van der Waals surface area contributed by atoms with Gasteiger partial charge >= 0.3 is 0 Å². The van der Waals surface area contributed by atoms with Gasteiger partial charge in [-0.05, 0) is 60.2 Å². The summed E-state index contributed by atoms with van der Waals surface area (Å²) < 4.78 is 29.2. The van der Waals surface area contributed by atoms with Crippen molar-refractivity contribution >= 4 is 38.2 Å². The summed E-state index contributed by atoms with van der Waals surface area (Å²) in [5.41, 5.74) is 13.2. The smallest absolute Gasteiger partial charge is 0.265 e. The van der Waals surface area contributed by atoms with Gasteiger partial charge in [-0.1, -0.05) is 42.5 Å². The lowest BCUT2D eigenvalue weighted by atomic mass is 9.91. The van der Waals surface area contributed by atoms with Gasteiger partial charge in [-0.2, -0.15) is 0 Å². The highest BCUT2D eigenvalue weighted by atomic mass is 32.2. The van der Waals surface area contributed by atoms with Crippen molar-refractivity contribution in [3.05, 3.63) is 71.8 Å². The van der Waals surface area contributed by atoms with E-state index in [-0.39, 0.29) is 35.1 Å². The second-order valence-electron chi connectivity index (χ2n) is 9.41. The third-order valence-corrected chi connectivity index (χ3v) is 8.85. The fourth-order valence-electron chi connectivity index (χ4n) is 5.07. The van der Waals surface area contributed by atoms with Crippen molar-refractivity contribution in [1.82, 2.24) is 5.32 Å². The number of rotatable bonds is 5. The van der Waals surface area contributed by atoms with Gasteiger partial charge in [-0.3, -0.25) is 14.5 Å². The van der Waals surface area contributed by atoms with Crippen LogP contribution in [0.3, 0.4) is 0 Å². The molecule has 0 spiro atoms. The number of benzene rings is 3. The maximum absolute atomic E-state index is 14.0. The summed E-state index contributed by atoms with van der Waals surface area (Å²) >= 11 is 0. The monoisotopic (exact) mass is 491 g/mol. The first-order valence-corrected chi connectivity index (χ1v) is 13.2. The highest BCUT2D eigenvalue weighted by Crippen LogP contribution is 2.38. The molecule has 0 bridgehead atoms. The van der Waals surface area contributed by atoms with E-state index in [2.05, 4.69) is 5.32 Å². The van der Waals surface area contributed by atoms with E-state index in [1.807, 2.05) is 24.3 Å². The summed E-state index contributed by atoms with van der Waals surface area (Å²) in [7, 11) is -4.09. The van der Waals surface area contributed by atoms with Crippen LogP contribution in [0.5, 0.6) is 0 Å². The topological polar surface area (TPSA) is 142 Å². The van der Waals surface area contributed by atoms with Gasteiger partial charge in [0.05, 0.1) is 10.6 Å². The Morgan fingerprint density at radius 2 is 1.69 bits per heavy atom. The highest BCUT2D eigenvalue weighted by molar-refractivity contribution is 7.93. The van der Waals surface area contributed by atoms with Gasteiger partial charge < -0.3 is 16.8 Å². The van der Waals surface area contributed by atoms with Crippen LogP contribution in [-0.2, 0) is 21.2 Å². The van der Waals surface area contributed by atoms with Crippen molar-refractivity contribution in [1.29, 1.82) is 5.41 Å². The number of nitrogens with zero attached hydrogens (tertiary/aromatic N) is 1. The van der Waals surface area contributed by atoms with Gasteiger partial charge in [0.15, 0.2) is 0 Å². The van der Waals surface area contributed by atoms with E-state index in [0.717, 1.165) is 42.0 Å². The second-order valence-corrected chi connectivity index (χ2v) is 11.2. The fraction of sp³-hybridized carbons (Fsp3) is 0.308. The summed E-state index contributed by atoms with van der Waals surface area (Å²) in [6, 6.07) is 16.7. The molecular formula is C26H29N5O3S. The number of carbonyl (C=O) groups excluding carboxylic acids is 1. The predicted molar refractivity (Wildman–Crippen MR) is 137 cm³/mol. The molecule has 8 nitrogen and oxygen atoms in total. The molecule has 1 heterocycles. The van der Waals surface area contributed by atoms with Gasteiger partial charge in [-0.15, -0.1) is 0 Å². The molecule has 5 rings (SSSR count). The van der Waals surface area contributed by atoms with Crippen LogP contribution in [0, 0.1) is 5.41 Å². The fourth-order valence-corrected chi connectivity index (χ4v) is 6.74. The molecule has 2 aliphatic rings. The zero-order chi connectivity index (χ0) is 24.7. The molecule has 1 unspecified atom stereocenters. The first-order chi connectivity index (χ1) is 16.7. The second kappa shape index (κ2) is 8.98. The molecule has 0 saturated heterocycles. The largest absolute Gasteiger partial charge is 0.384 e. The van der Waals surface area contributed by atoms with Crippen molar-refractivity contribution in [3.63, 3.8) is 0 Å². The van der Waals surface area contributed by atoms with Crippen LogP contribution in [0.15, 0.2) is 65.6 Å². The summed E-state index contributed by atoms with van der Waals surface area (Å²) in [5, 5.41) is 12.6. The molecule has 1 saturated carbocycles. The lowest BCUT2D eigenvalue weighted by Gasteiger charge is -2.31. The number of amides is 1. The predicted octanol–water partition coefficient (Wildman–Crippen LogP) is 2.63. The summed E-state index contributed by atoms with van der Waals surface area (Å²) in [4.78, 5) is 13.6. The molecule has 1 atom stereocenters. The van der Waals surface area contributed by atoms with Crippen molar-refractivity contribution in [3.8, 4) is 0 Å². The summed E-state index contributed by atoms with van der Waals surface area (Å²) in [6.45, 7) is 0. The summed E-state index contributed by atoms with van der Waals surface area (Å²) in [6.07, 6.45) is 3.46. The Balaban J connectivity index is 1.55. The van der Waals surface area contributed by atoms with Crippen LogP contribution in [0.25, 0.3) is 10.8 Å². The molecule has 9 heteroatoms. The maximum Gasteiger partial charge on any atom is 0.265 e. The maximum atomic E-state index is 14.0. The molecule has 1 aliphatic carbocycles. The zero-order valence-electron chi connectivity index (χ0n) is 19.3. The third-order valence-electron chi connectivity index (χ3n) is 7.03. The molecule has 3 aromatic rings. The summed E-state index contributed by atoms with van der Waals surface area (Å²) in [5.74, 6) is -0.488. The SMILES string of the molecule is N=C(N)c1ccc2c(c1)N(S(=O)(=O)c1ccc3ccccc3c1)C(C(=O)N[C@H]1CC[C@H](N)CC1)C2. The van der Waals surface area contributed by atoms with Gasteiger partial charge in [-0.25, -0.2) is 8.42 Å². The minimum absolute atomic E-state index is 0.0241. The lowest BCUT2D eigenvalue weighted by Crippen LogP contribution is -2.51. The van der Waals surface area contributed by atoms with E-state index >= 15 is 0 Å².